The van der Waals surface area contributed by atoms with Gasteiger partial charge in [0.15, 0.2) is 17.9 Å². The van der Waals surface area contributed by atoms with E-state index in [1.807, 2.05) is 6.92 Å². The predicted molar refractivity (Wildman–Crippen MR) is 63.2 cm³/mol. The van der Waals surface area contributed by atoms with E-state index in [1.54, 1.807) is 13.1 Å². The predicted octanol–water partition coefficient (Wildman–Crippen LogP) is 2.04. The molecule has 0 saturated carbocycles. The molecular formula is C12H13N3O2. The van der Waals surface area contributed by atoms with Crippen LogP contribution in [0, 0.1) is 13.8 Å². The minimum Gasteiger partial charge on any atom is -0.349 e. The van der Waals surface area contributed by atoms with E-state index >= 15 is 0 Å². The van der Waals surface area contributed by atoms with Crippen LogP contribution in [0.2, 0.25) is 0 Å². The maximum Gasteiger partial charge on any atom is 0.176 e. The quantitative estimate of drug-likeness (QED) is 0.626. The summed E-state index contributed by atoms with van der Waals surface area (Å²) in [4.78, 5) is 32.6. The van der Waals surface area contributed by atoms with Crippen molar-refractivity contribution in [3.8, 4) is 11.5 Å². The number of rotatable bonds is 3. The van der Waals surface area contributed by atoms with Crippen LogP contribution in [0.5, 0.6) is 0 Å². The summed E-state index contributed by atoms with van der Waals surface area (Å²) in [7, 11) is 0. The molecule has 5 nitrogen and oxygen atoms in total. The van der Waals surface area contributed by atoms with Gasteiger partial charge < -0.3 is 9.97 Å². The summed E-state index contributed by atoms with van der Waals surface area (Å²) in [6.45, 7) is 5.08. The molecule has 0 atom stereocenters. The van der Waals surface area contributed by atoms with Gasteiger partial charge in [0.1, 0.15) is 0 Å². The number of imidazole rings is 1. The highest BCUT2D eigenvalue weighted by molar-refractivity contribution is 5.99. The Morgan fingerprint density at radius 3 is 2.53 bits per heavy atom. The van der Waals surface area contributed by atoms with E-state index in [-0.39, 0.29) is 5.78 Å². The lowest BCUT2D eigenvalue weighted by Gasteiger charge is -1.93. The van der Waals surface area contributed by atoms with E-state index in [9.17, 15) is 9.59 Å². The van der Waals surface area contributed by atoms with Crippen molar-refractivity contribution < 1.29 is 9.59 Å². The topological polar surface area (TPSA) is 78.6 Å². The molecular weight excluding hydrogens is 218 g/mol. The number of hydrogen-bond donors (Lipinski definition) is 2. The minimum absolute atomic E-state index is 0.0971. The molecule has 0 radical (unpaired) electrons. The Morgan fingerprint density at radius 2 is 2.06 bits per heavy atom. The zero-order valence-electron chi connectivity index (χ0n) is 9.92. The first-order valence-electron chi connectivity index (χ1n) is 5.25. The third-order valence-corrected chi connectivity index (χ3v) is 2.71. The van der Waals surface area contributed by atoms with Crippen LogP contribution in [0.3, 0.4) is 0 Å². The number of nitrogens with one attached hydrogen (secondary N) is 2. The van der Waals surface area contributed by atoms with Crippen molar-refractivity contribution in [3.63, 3.8) is 0 Å². The molecule has 88 valence electrons. The van der Waals surface area contributed by atoms with Crippen LogP contribution in [0.25, 0.3) is 11.5 Å². The summed E-state index contributed by atoms with van der Waals surface area (Å²) in [6, 6.07) is 0. The lowest BCUT2D eigenvalue weighted by atomic mass is 10.1. The van der Waals surface area contributed by atoms with E-state index in [1.165, 1.54) is 6.92 Å². The Labute approximate surface area is 98.3 Å². The van der Waals surface area contributed by atoms with Crippen LogP contribution in [0.15, 0.2) is 6.20 Å². The first-order valence-corrected chi connectivity index (χ1v) is 5.25. The number of carbonyl (C=O) groups is 2. The van der Waals surface area contributed by atoms with Gasteiger partial charge in [-0.15, -0.1) is 0 Å². The van der Waals surface area contributed by atoms with Gasteiger partial charge in [-0.1, -0.05) is 0 Å². The fourth-order valence-electron chi connectivity index (χ4n) is 1.83. The molecule has 0 aliphatic rings. The molecule has 2 rings (SSSR count). The first-order chi connectivity index (χ1) is 8.04. The maximum absolute atomic E-state index is 11.4. The number of Topliss-reactive ketones (excluding diaryl/α,β-unsaturated/α-hetero) is 1. The second-order valence-electron chi connectivity index (χ2n) is 4.00. The lowest BCUT2D eigenvalue weighted by molar-refractivity contribution is 0.101. The van der Waals surface area contributed by atoms with Gasteiger partial charge in [-0.3, -0.25) is 9.59 Å². The molecule has 0 aliphatic carbocycles. The Balaban J connectivity index is 2.65. The largest absolute Gasteiger partial charge is 0.349 e. The Bertz CT molecular complexity index is 593. The normalized spacial score (nSPS) is 10.5. The van der Waals surface area contributed by atoms with E-state index < -0.39 is 0 Å². The fourth-order valence-corrected chi connectivity index (χ4v) is 1.83. The molecule has 0 aliphatic heterocycles. The van der Waals surface area contributed by atoms with Gasteiger partial charge in [0, 0.05) is 24.4 Å². The number of aromatic amines is 2. The zero-order chi connectivity index (χ0) is 12.6. The highest BCUT2D eigenvalue weighted by Gasteiger charge is 2.18. The summed E-state index contributed by atoms with van der Waals surface area (Å²) in [5, 5.41) is 0. The van der Waals surface area contributed by atoms with Crippen molar-refractivity contribution in [1.82, 2.24) is 15.0 Å². The lowest BCUT2D eigenvalue weighted by Crippen LogP contribution is -1.94. The van der Waals surface area contributed by atoms with Gasteiger partial charge >= 0.3 is 0 Å². The maximum atomic E-state index is 11.4. The smallest absolute Gasteiger partial charge is 0.176 e. The zero-order valence-corrected chi connectivity index (χ0v) is 9.92. The molecule has 2 N–H and O–H groups in total. The number of carbonyl (C=O) groups excluding carboxylic acids is 2. The van der Waals surface area contributed by atoms with Gasteiger partial charge in [0.2, 0.25) is 0 Å². The SMILES string of the molecule is CC(=O)c1[nH]c(-c2ncc(C)[nH]2)c(C=O)c1C. The second kappa shape index (κ2) is 4.01. The molecule has 17 heavy (non-hydrogen) atoms. The van der Waals surface area contributed by atoms with Crippen molar-refractivity contribution >= 4 is 12.1 Å². The molecule has 0 fully saturated rings. The van der Waals surface area contributed by atoms with Crippen LogP contribution in [0.4, 0.5) is 0 Å². The number of aldehydes is 1. The molecule has 0 aromatic carbocycles. The van der Waals surface area contributed by atoms with Crippen molar-refractivity contribution in [2.24, 2.45) is 0 Å². The van der Waals surface area contributed by atoms with Gasteiger partial charge in [0.25, 0.3) is 0 Å². The Kier molecular flexibility index (Phi) is 2.67. The fraction of sp³-hybridized carbons (Fsp3) is 0.250. The van der Waals surface area contributed by atoms with Crippen molar-refractivity contribution in [2.45, 2.75) is 20.8 Å². The molecule has 0 spiro atoms. The summed E-state index contributed by atoms with van der Waals surface area (Å²) in [6.07, 6.45) is 2.42. The molecule has 0 saturated heterocycles. The van der Waals surface area contributed by atoms with Crippen LogP contribution in [0.1, 0.15) is 39.0 Å². The molecule has 5 heteroatoms. The van der Waals surface area contributed by atoms with E-state index in [0.29, 0.717) is 28.3 Å². The number of aryl methyl sites for hydroxylation is 1. The average Bonchev–Trinajstić information content (AvgIpc) is 2.82. The van der Waals surface area contributed by atoms with Crippen LogP contribution in [-0.2, 0) is 0 Å². The Morgan fingerprint density at radius 1 is 1.35 bits per heavy atom. The van der Waals surface area contributed by atoms with Gasteiger partial charge in [-0.25, -0.2) is 4.98 Å². The molecule has 0 bridgehead atoms. The number of nitrogens with zero attached hydrogens (tertiary/aromatic N) is 1. The standard InChI is InChI=1S/C12H13N3O2/c1-6-4-13-12(14-6)11-9(5-16)7(2)10(15-11)8(3)17/h4-5,15H,1-3H3,(H,13,14). The van der Waals surface area contributed by atoms with E-state index in [0.717, 1.165) is 12.0 Å². The van der Waals surface area contributed by atoms with Crippen LogP contribution >= 0.6 is 0 Å². The monoisotopic (exact) mass is 231 g/mol. The summed E-state index contributed by atoms with van der Waals surface area (Å²) < 4.78 is 0. The number of hydrogen-bond acceptors (Lipinski definition) is 3. The van der Waals surface area contributed by atoms with Gasteiger partial charge in [-0.05, 0) is 19.4 Å². The Hall–Kier alpha value is -2.17. The number of aromatic nitrogens is 3. The van der Waals surface area contributed by atoms with Gasteiger partial charge in [0.05, 0.1) is 11.4 Å². The molecule has 0 unspecified atom stereocenters. The summed E-state index contributed by atoms with van der Waals surface area (Å²) in [5.41, 5.74) is 3.06. The number of H-pyrrole nitrogens is 2. The van der Waals surface area contributed by atoms with Crippen molar-refractivity contribution in [2.75, 3.05) is 0 Å². The summed E-state index contributed by atoms with van der Waals surface area (Å²) in [5.74, 6) is 0.473. The van der Waals surface area contributed by atoms with Gasteiger partial charge in [-0.2, -0.15) is 0 Å². The third-order valence-electron chi connectivity index (χ3n) is 2.71. The van der Waals surface area contributed by atoms with Crippen molar-refractivity contribution in [3.05, 3.63) is 28.7 Å². The highest BCUT2D eigenvalue weighted by atomic mass is 16.1. The van der Waals surface area contributed by atoms with E-state index in [2.05, 4.69) is 15.0 Å². The average molecular weight is 231 g/mol. The molecule has 2 aromatic heterocycles. The molecule has 2 heterocycles. The van der Waals surface area contributed by atoms with E-state index in [4.69, 9.17) is 0 Å². The van der Waals surface area contributed by atoms with Crippen LogP contribution in [-0.4, -0.2) is 27.0 Å². The minimum atomic E-state index is -0.0971. The second-order valence-corrected chi connectivity index (χ2v) is 4.00. The number of ketones is 1. The first kappa shape index (κ1) is 11.3. The summed E-state index contributed by atoms with van der Waals surface area (Å²) >= 11 is 0. The molecule has 0 amide bonds. The van der Waals surface area contributed by atoms with Crippen LogP contribution < -0.4 is 0 Å². The highest BCUT2D eigenvalue weighted by Crippen LogP contribution is 2.24. The molecule has 2 aromatic rings. The van der Waals surface area contributed by atoms with Crippen molar-refractivity contribution in [1.29, 1.82) is 0 Å². The third kappa shape index (κ3) is 1.80.